The molecular formula is C11H16O5. The number of carboxylic acids is 1. The SMILES string of the molecule is C=C(C(=O)OC(=O)CC(=O)O)C(CC)CC. The number of rotatable bonds is 6. The molecule has 5 heteroatoms. The van der Waals surface area contributed by atoms with Crippen molar-refractivity contribution >= 4 is 17.9 Å². The lowest BCUT2D eigenvalue weighted by molar-refractivity contribution is -0.159. The molecule has 0 radical (unpaired) electrons. The second-order valence-corrected chi connectivity index (χ2v) is 3.37. The van der Waals surface area contributed by atoms with Crippen LogP contribution in [0.1, 0.15) is 33.1 Å². The van der Waals surface area contributed by atoms with Gasteiger partial charge in [0, 0.05) is 5.57 Å². The third kappa shape index (κ3) is 4.72. The fraction of sp³-hybridized carbons (Fsp3) is 0.545. The van der Waals surface area contributed by atoms with Gasteiger partial charge in [0.15, 0.2) is 0 Å². The maximum absolute atomic E-state index is 11.4. The average Bonchev–Trinajstić information content (AvgIpc) is 2.17. The second-order valence-electron chi connectivity index (χ2n) is 3.37. The van der Waals surface area contributed by atoms with Crippen LogP contribution >= 0.6 is 0 Å². The van der Waals surface area contributed by atoms with Gasteiger partial charge in [-0.05, 0) is 18.8 Å². The molecule has 0 heterocycles. The summed E-state index contributed by atoms with van der Waals surface area (Å²) in [5.41, 5.74) is 0.212. The maximum Gasteiger partial charge on any atom is 0.341 e. The van der Waals surface area contributed by atoms with E-state index in [2.05, 4.69) is 11.3 Å². The van der Waals surface area contributed by atoms with Gasteiger partial charge in [-0.1, -0.05) is 20.4 Å². The van der Waals surface area contributed by atoms with Gasteiger partial charge in [-0.25, -0.2) is 4.79 Å². The van der Waals surface area contributed by atoms with Crippen molar-refractivity contribution in [3.8, 4) is 0 Å². The predicted octanol–water partition coefficient (Wildman–Crippen LogP) is 1.52. The van der Waals surface area contributed by atoms with Crippen LogP contribution in [0.3, 0.4) is 0 Å². The van der Waals surface area contributed by atoms with E-state index in [-0.39, 0.29) is 11.5 Å². The lowest BCUT2D eigenvalue weighted by Gasteiger charge is -2.13. The van der Waals surface area contributed by atoms with Crippen LogP contribution in [0, 0.1) is 5.92 Å². The zero-order chi connectivity index (χ0) is 12.7. The highest BCUT2D eigenvalue weighted by atomic mass is 16.6. The predicted molar refractivity (Wildman–Crippen MR) is 56.6 cm³/mol. The first-order valence-corrected chi connectivity index (χ1v) is 5.07. The van der Waals surface area contributed by atoms with Crippen LogP contribution in [0.4, 0.5) is 0 Å². The third-order valence-corrected chi connectivity index (χ3v) is 2.24. The number of hydrogen-bond acceptors (Lipinski definition) is 4. The fourth-order valence-corrected chi connectivity index (χ4v) is 1.28. The molecule has 16 heavy (non-hydrogen) atoms. The quantitative estimate of drug-likeness (QED) is 0.423. The summed E-state index contributed by atoms with van der Waals surface area (Å²) >= 11 is 0. The molecule has 0 rings (SSSR count). The van der Waals surface area contributed by atoms with Crippen molar-refractivity contribution < 1.29 is 24.2 Å². The second kappa shape index (κ2) is 6.76. The average molecular weight is 228 g/mol. The first-order chi connectivity index (χ1) is 7.42. The fourth-order valence-electron chi connectivity index (χ4n) is 1.28. The number of esters is 2. The minimum Gasteiger partial charge on any atom is -0.481 e. The van der Waals surface area contributed by atoms with Crippen LogP contribution < -0.4 is 0 Å². The Bertz CT molecular complexity index is 301. The molecule has 0 aromatic heterocycles. The van der Waals surface area contributed by atoms with Crippen molar-refractivity contribution in [1.29, 1.82) is 0 Å². The number of carbonyl (C=O) groups excluding carboxylic acids is 2. The topological polar surface area (TPSA) is 80.7 Å². The number of carboxylic acid groups (broad SMARTS) is 1. The van der Waals surface area contributed by atoms with Gasteiger partial charge in [-0.15, -0.1) is 0 Å². The lowest BCUT2D eigenvalue weighted by atomic mass is 9.95. The Morgan fingerprint density at radius 2 is 1.75 bits per heavy atom. The molecule has 0 amide bonds. The zero-order valence-electron chi connectivity index (χ0n) is 9.49. The van der Waals surface area contributed by atoms with Crippen LogP contribution in [0.15, 0.2) is 12.2 Å². The minimum atomic E-state index is -1.33. The largest absolute Gasteiger partial charge is 0.481 e. The van der Waals surface area contributed by atoms with Gasteiger partial charge in [0.25, 0.3) is 0 Å². The number of carbonyl (C=O) groups is 3. The van der Waals surface area contributed by atoms with Gasteiger partial charge in [-0.2, -0.15) is 0 Å². The standard InChI is InChI=1S/C11H16O5/c1-4-8(5-2)7(3)11(15)16-10(14)6-9(12)13/h8H,3-6H2,1-2H3,(H,12,13). The first-order valence-electron chi connectivity index (χ1n) is 5.07. The summed E-state index contributed by atoms with van der Waals surface area (Å²) in [5.74, 6) is -3.26. The maximum atomic E-state index is 11.4. The monoisotopic (exact) mass is 228 g/mol. The molecule has 0 aliphatic carbocycles. The first kappa shape index (κ1) is 14.3. The highest BCUT2D eigenvalue weighted by molar-refractivity contribution is 6.00. The summed E-state index contributed by atoms with van der Waals surface area (Å²) in [6.07, 6.45) is 0.622. The number of aliphatic carboxylic acids is 1. The van der Waals surface area contributed by atoms with E-state index in [0.29, 0.717) is 0 Å². The summed E-state index contributed by atoms with van der Waals surface area (Å²) in [5, 5.41) is 8.30. The molecule has 0 aliphatic rings. The van der Waals surface area contributed by atoms with Crippen molar-refractivity contribution in [2.75, 3.05) is 0 Å². The van der Waals surface area contributed by atoms with Gasteiger partial charge in [-0.3, -0.25) is 9.59 Å². The molecule has 0 saturated heterocycles. The Labute approximate surface area is 94.1 Å². The summed E-state index contributed by atoms with van der Waals surface area (Å²) in [6, 6.07) is 0. The van der Waals surface area contributed by atoms with E-state index in [9.17, 15) is 14.4 Å². The van der Waals surface area contributed by atoms with E-state index >= 15 is 0 Å². The Morgan fingerprint density at radius 3 is 2.12 bits per heavy atom. The molecule has 5 nitrogen and oxygen atoms in total. The minimum absolute atomic E-state index is 0.0369. The molecule has 0 fully saturated rings. The third-order valence-electron chi connectivity index (χ3n) is 2.24. The van der Waals surface area contributed by atoms with Crippen molar-refractivity contribution in [3.63, 3.8) is 0 Å². The van der Waals surface area contributed by atoms with Crippen molar-refractivity contribution in [3.05, 3.63) is 12.2 Å². The van der Waals surface area contributed by atoms with Crippen molar-refractivity contribution in [2.45, 2.75) is 33.1 Å². The van der Waals surface area contributed by atoms with E-state index < -0.39 is 24.3 Å². The smallest absolute Gasteiger partial charge is 0.341 e. The van der Waals surface area contributed by atoms with E-state index in [1.165, 1.54) is 0 Å². The van der Waals surface area contributed by atoms with Gasteiger partial charge in [0.2, 0.25) is 0 Å². The summed E-state index contributed by atoms with van der Waals surface area (Å²) < 4.78 is 4.35. The molecule has 0 atom stereocenters. The summed E-state index contributed by atoms with van der Waals surface area (Å²) in [4.78, 5) is 32.4. The van der Waals surface area contributed by atoms with E-state index in [1.807, 2.05) is 13.8 Å². The van der Waals surface area contributed by atoms with Gasteiger partial charge >= 0.3 is 17.9 Å². The molecular weight excluding hydrogens is 212 g/mol. The molecule has 0 aromatic carbocycles. The Kier molecular flexibility index (Phi) is 6.07. The summed E-state index contributed by atoms with van der Waals surface area (Å²) in [7, 11) is 0. The Hall–Kier alpha value is -1.65. The van der Waals surface area contributed by atoms with E-state index in [0.717, 1.165) is 12.8 Å². The lowest BCUT2D eigenvalue weighted by Crippen LogP contribution is -2.20. The van der Waals surface area contributed by atoms with Crippen LogP contribution in [0.2, 0.25) is 0 Å². The van der Waals surface area contributed by atoms with Crippen LogP contribution in [-0.4, -0.2) is 23.0 Å². The molecule has 0 aromatic rings. The highest BCUT2D eigenvalue weighted by Gasteiger charge is 2.21. The van der Waals surface area contributed by atoms with E-state index in [4.69, 9.17) is 5.11 Å². The van der Waals surface area contributed by atoms with E-state index in [1.54, 1.807) is 0 Å². The highest BCUT2D eigenvalue weighted by Crippen LogP contribution is 2.18. The molecule has 0 aliphatic heterocycles. The van der Waals surface area contributed by atoms with Gasteiger partial charge < -0.3 is 9.84 Å². The Morgan fingerprint density at radius 1 is 1.25 bits per heavy atom. The number of ether oxygens (including phenoxy) is 1. The zero-order valence-corrected chi connectivity index (χ0v) is 9.49. The molecule has 0 unspecified atom stereocenters. The normalized spacial score (nSPS) is 9.94. The van der Waals surface area contributed by atoms with Crippen molar-refractivity contribution in [1.82, 2.24) is 0 Å². The van der Waals surface area contributed by atoms with Crippen molar-refractivity contribution in [2.24, 2.45) is 5.92 Å². The molecule has 1 N–H and O–H groups in total. The van der Waals surface area contributed by atoms with Crippen LogP contribution in [0.5, 0.6) is 0 Å². The molecule has 0 spiro atoms. The van der Waals surface area contributed by atoms with Gasteiger partial charge in [0.05, 0.1) is 0 Å². The number of hydrogen-bond donors (Lipinski definition) is 1. The van der Waals surface area contributed by atoms with Gasteiger partial charge in [0.1, 0.15) is 6.42 Å². The molecule has 0 saturated carbocycles. The molecule has 0 bridgehead atoms. The Balaban J connectivity index is 4.30. The van der Waals surface area contributed by atoms with Crippen LogP contribution in [0.25, 0.3) is 0 Å². The van der Waals surface area contributed by atoms with Crippen LogP contribution in [-0.2, 0) is 19.1 Å². The molecule has 90 valence electrons. The summed E-state index contributed by atoms with van der Waals surface area (Å²) in [6.45, 7) is 7.34.